The van der Waals surface area contributed by atoms with Crippen molar-refractivity contribution in [2.45, 2.75) is 64.3 Å². The number of rotatable bonds is 7. The predicted octanol–water partition coefficient (Wildman–Crippen LogP) is 0.728. The van der Waals surface area contributed by atoms with Crippen molar-refractivity contribution >= 4 is 5.91 Å². The van der Waals surface area contributed by atoms with Crippen molar-refractivity contribution < 1.29 is 9.53 Å². The van der Waals surface area contributed by atoms with Crippen LogP contribution < -0.4 is 11.1 Å². The Kier molecular flexibility index (Phi) is 5.77. The fourth-order valence-corrected chi connectivity index (χ4v) is 2.93. The molecule has 1 aliphatic rings. The van der Waals surface area contributed by atoms with Crippen molar-refractivity contribution in [2.75, 3.05) is 20.2 Å². The molecule has 0 spiro atoms. The number of hydrogen-bond donors (Lipinski definition) is 2. The number of nitrogens with one attached hydrogen (secondary N) is 1. The monoisotopic (exact) mass is 271 g/mol. The quantitative estimate of drug-likeness (QED) is 0.716. The number of amides is 1. The van der Waals surface area contributed by atoms with Gasteiger partial charge in [0.2, 0.25) is 5.91 Å². The van der Waals surface area contributed by atoms with Gasteiger partial charge in [0, 0.05) is 32.3 Å². The molecule has 1 heterocycles. The van der Waals surface area contributed by atoms with E-state index in [2.05, 4.69) is 17.1 Å². The number of carbonyl (C=O) groups is 1. The van der Waals surface area contributed by atoms with Gasteiger partial charge in [0.25, 0.3) is 0 Å². The number of hydrogen-bond acceptors (Lipinski definition) is 4. The van der Waals surface area contributed by atoms with Crippen LogP contribution in [0, 0.1) is 0 Å². The van der Waals surface area contributed by atoms with Crippen LogP contribution >= 0.6 is 0 Å². The van der Waals surface area contributed by atoms with Crippen molar-refractivity contribution in [1.29, 1.82) is 0 Å². The Balaban J connectivity index is 2.61. The highest BCUT2D eigenvalue weighted by molar-refractivity contribution is 5.84. The minimum absolute atomic E-state index is 0.231. The second kappa shape index (κ2) is 6.68. The summed E-state index contributed by atoms with van der Waals surface area (Å²) in [6.45, 7) is 10.1. The number of methoxy groups -OCH3 is 1. The van der Waals surface area contributed by atoms with E-state index in [-0.39, 0.29) is 11.9 Å². The normalized spacial score (nSPS) is 25.5. The van der Waals surface area contributed by atoms with E-state index >= 15 is 0 Å². The average molecular weight is 271 g/mol. The average Bonchev–Trinajstić information content (AvgIpc) is 2.75. The van der Waals surface area contributed by atoms with Crippen molar-refractivity contribution in [3.8, 4) is 0 Å². The zero-order valence-corrected chi connectivity index (χ0v) is 12.9. The van der Waals surface area contributed by atoms with E-state index in [1.54, 1.807) is 7.11 Å². The molecule has 3 unspecified atom stereocenters. The highest BCUT2D eigenvalue weighted by atomic mass is 16.5. The predicted molar refractivity (Wildman–Crippen MR) is 76.9 cm³/mol. The molecule has 0 saturated carbocycles. The van der Waals surface area contributed by atoms with Gasteiger partial charge in [0.1, 0.15) is 0 Å². The molecule has 1 rings (SSSR count). The first-order chi connectivity index (χ1) is 8.78. The summed E-state index contributed by atoms with van der Waals surface area (Å²) in [4.78, 5) is 14.1. The van der Waals surface area contributed by atoms with Crippen molar-refractivity contribution in [3.05, 3.63) is 0 Å². The molecule has 0 aromatic heterocycles. The minimum Gasteiger partial charge on any atom is -0.380 e. The molecule has 3 N–H and O–H groups in total. The molecule has 0 radical (unpaired) electrons. The smallest absolute Gasteiger partial charge is 0.237 e. The lowest BCUT2D eigenvalue weighted by Crippen LogP contribution is -2.58. The molecule has 0 aliphatic carbocycles. The van der Waals surface area contributed by atoms with Gasteiger partial charge in [-0.25, -0.2) is 0 Å². The molecule has 1 amide bonds. The van der Waals surface area contributed by atoms with Crippen LogP contribution in [-0.2, 0) is 9.53 Å². The molecule has 1 saturated heterocycles. The lowest BCUT2D eigenvalue weighted by molar-refractivity contribution is -0.124. The fraction of sp³-hybridized carbons (Fsp3) is 0.929. The Bertz CT molecular complexity index is 309. The van der Waals surface area contributed by atoms with Gasteiger partial charge in [-0.05, 0) is 40.5 Å². The topological polar surface area (TPSA) is 67.6 Å². The molecule has 1 fully saturated rings. The van der Waals surface area contributed by atoms with Gasteiger partial charge in [-0.15, -0.1) is 0 Å². The molecular weight excluding hydrogens is 242 g/mol. The number of likely N-dealkylation sites (tertiary alicyclic amines) is 1. The lowest BCUT2D eigenvalue weighted by Gasteiger charge is -2.35. The van der Waals surface area contributed by atoms with Gasteiger partial charge < -0.3 is 15.8 Å². The van der Waals surface area contributed by atoms with Crippen LogP contribution in [-0.4, -0.2) is 54.7 Å². The van der Waals surface area contributed by atoms with Gasteiger partial charge in [0.05, 0.1) is 11.6 Å². The highest BCUT2D eigenvalue weighted by Crippen LogP contribution is 2.22. The molecule has 3 atom stereocenters. The molecule has 0 aromatic carbocycles. The summed E-state index contributed by atoms with van der Waals surface area (Å²) in [6, 6.07) is 0.541. The van der Waals surface area contributed by atoms with Crippen LogP contribution in [0.25, 0.3) is 0 Å². The van der Waals surface area contributed by atoms with Crippen LogP contribution in [0.3, 0.4) is 0 Å². The number of nitrogens with zero attached hydrogens (tertiary/aromatic N) is 1. The van der Waals surface area contributed by atoms with E-state index in [1.807, 2.05) is 20.8 Å². The third-order valence-electron chi connectivity index (χ3n) is 3.99. The van der Waals surface area contributed by atoms with E-state index in [1.165, 1.54) is 0 Å². The molecule has 19 heavy (non-hydrogen) atoms. The molecule has 0 bridgehead atoms. The number of primary amides is 1. The molecule has 1 aliphatic heterocycles. The number of carbonyl (C=O) groups excluding carboxylic acids is 1. The second-order valence-corrected chi connectivity index (χ2v) is 6.19. The Morgan fingerprint density at radius 3 is 2.58 bits per heavy atom. The van der Waals surface area contributed by atoms with E-state index in [0.717, 1.165) is 25.9 Å². The summed E-state index contributed by atoms with van der Waals surface area (Å²) in [6.07, 6.45) is 2.10. The van der Waals surface area contributed by atoms with Crippen LogP contribution in [0.4, 0.5) is 0 Å². The second-order valence-electron chi connectivity index (χ2n) is 6.19. The van der Waals surface area contributed by atoms with Crippen LogP contribution in [0.5, 0.6) is 0 Å². The zero-order chi connectivity index (χ0) is 14.6. The zero-order valence-electron chi connectivity index (χ0n) is 12.9. The molecule has 5 nitrogen and oxygen atoms in total. The summed E-state index contributed by atoms with van der Waals surface area (Å²) in [7, 11) is 1.76. The fourth-order valence-electron chi connectivity index (χ4n) is 2.93. The first-order valence-corrected chi connectivity index (χ1v) is 7.13. The Labute approximate surface area is 116 Å². The first kappa shape index (κ1) is 16.4. The minimum atomic E-state index is -0.654. The maximum absolute atomic E-state index is 11.7. The van der Waals surface area contributed by atoms with Crippen molar-refractivity contribution in [3.63, 3.8) is 0 Å². The lowest BCUT2D eigenvalue weighted by atomic mass is 9.91. The highest BCUT2D eigenvalue weighted by Gasteiger charge is 2.36. The van der Waals surface area contributed by atoms with Gasteiger partial charge >= 0.3 is 0 Å². The summed E-state index contributed by atoms with van der Waals surface area (Å²) in [5.41, 5.74) is 4.92. The Hall–Kier alpha value is -0.650. The van der Waals surface area contributed by atoms with E-state index < -0.39 is 5.54 Å². The van der Waals surface area contributed by atoms with Gasteiger partial charge in [0.15, 0.2) is 0 Å². The maximum atomic E-state index is 11.7. The van der Waals surface area contributed by atoms with Gasteiger partial charge in [-0.3, -0.25) is 9.69 Å². The molecule has 5 heteroatoms. The van der Waals surface area contributed by atoms with Gasteiger partial charge in [-0.1, -0.05) is 0 Å². The van der Waals surface area contributed by atoms with E-state index in [4.69, 9.17) is 10.5 Å². The largest absolute Gasteiger partial charge is 0.380 e. The summed E-state index contributed by atoms with van der Waals surface area (Å²) in [5.74, 6) is -0.282. The van der Waals surface area contributed by atoms with Crippen LogP contribution in [0.15, 0.2) is 0 Å². The summed E-state index contributed by atoms with van der Waals surface area (Å²) < 4.78 is 5.38. The number of ether oxygens (including phenoxy) is 1. The summed E-state index contributed by atoms with van der Waals surface area (Å²) in [5, 5.41) is 3.30. The SMILES string of the molecule is COC1CCN(C(C)CC(C)(NC(C)C)C(N)=O)C1. The Morgan fingerprint density at radius 2 is 2.16 bits per heavy atom. The third-order valence-corrected chi connectivity index (χ3v) is 3.99. The summed E-state index contributed by atoms with van der Waals surface area (Å²) >= 11 is 0. The number of nitrogens with two attached hydrogens (primary N) is 1. The molecule has 0 aromatic rings. The van der Waals surface area contributed by atoms with Crippen LogP contribution in [0.2, 0.25) is 0 Å². The first-order valence-electron chi connectivity index (χ1n) is 7.13. The maximum Gasteiger partial charge on any atom is 0.237 e. The van der Waals surface area contributed by atoms with E-state index in [0.29, 0.717) is 12.1 Å². The van der Waals surface area contributed by atoms with Gasteiger partial charge in [-0.2, -0.15) is 0 Å². The van der Waals surface area contributed by atoms with E-state index in [9.17, 15) is 4.79 Å². The van der Waals surface area contributed by atoms with Crippen molar-refractivity contribution in [1.82, 2.24) is 10.2 Å². The van der Waals surface area contributed by atoms with Crippen LogP contribution in [0.1, 0.15) is 40.5 Å². The van der Waals surface area contributed by atoms with Crippen molar-refractivity contribution in [2.24, 2.45) is 5.73 Å². The Morgan fingerprint density at radius 1 is 1.53 bits per heavy atom. The standard InChI is InChI=1S/C14H29N3O2/c1-10(2)16-14(4,13(15)18)8-11(3)17-7-6-12(9-17)19-5/h10-12,16H,6-9H2,1-5H3,(H2,15,18). The molecule has 112 valence electrons. The molecular formula is C14H29N3O2. The third kappa shape index (κ3) is 4.44.